The van der Waals surface area contributed by atoms with Crippen LogP contribution in [0.2, 0.25) is 0 Å². The number of hydrogen-bond donors (Lipinski definition) is 0. The van der Waals surface area contributed by atoms with E-state index in [1.807, 2.05) is 36.4 Å². The largest absolute Gasteiger partial charge is 0.453 e. The SMILES string of the molecule is O=Cc1ccc(-c2cccc(-c3ccncc3)c2)o1. The highest BCUT2D eigenvalue weighted by atomic mass is 16.3. The van der Waals surface area contributed by atoms with E-state index in [4.69, 9.17) is 4.42 Å². The number of aldehydes is 1. The summed E-state index contributed by atoms with van der Waals surface area (Å²) < 4.78 is 5.43. The number of aromatic nitrogens is 1. The van der Waals surface area contributed by atoms with Crippen LogP contribution in [0.1, 0.15) is 10.6 Å². The number of furan rings is 1. The van der Waals surface area contributed by atoms with Crippen LogP contribution in [0.5, 0.6) is 0 Å². The first-order valence-corrected chi connectivity index (χ1v) is 5.93. The maximum Gasteiger partial charge on any atom is 0.185 e. The number of rotatable bonds is 3. The fourth-order valence-corrected chi connectivity index (χ4v) is 1.97. The topological polar surface area (TPSA) is 43.1 Å². The summed E-state index contributed by atoms with van der Waals surface area (Å²) in [4.78, 5) is 14.6. The lowest BCUT2D eigenvalue weighted by molar-refractivity contribution is 0.110. The Labute approximate surface area is 110 Å². The Morgan fingerprint density at radius 3 is 2.42 bits per heavy atom. The second-order valence-electron chi connectivity index (χ2n) is 4.14. The third-order valence-electron chi connectivity index (χ3n) is 2.90. The van der Waals surface area contributed by atoms with Crippen molar-refractivity contribution < 1.29 is 9.21 Å². The average Bonchev–Trinajstić information content (AvgIpc) is 2.97. The van der Waals surface area contributed by atoms with E-state index in [1.165, 1.54) is 0 Å². The van der Waals surface area contributed by atoms with Crippen molar-refractivity contribution in [2.45, 2.75) is 0 Å². The third kappa shape index (κ3) is 2.31. The van der Waals surface area contributed by atoms with Crippen LogP contribution in [0.15, 0.2) is 65.3 Å². The Hall–Kier alpha value is -2.68. The molecule has 19 heavy (non-hydrogen) atoms. The van der Waals surface area contributed by atoms with Gasteiger partial charge in [-0.15, -0.1) is 0 Å². The molecule has 3 aromatic rings. The van der Waals surface area contributed by atoms with Crippen LogP contribution in [0, 0.1) is 0 Å². The van der Waals surface area contributed by atoms with Gasteiger partial charge in [0.1, 0.15) is 5.76 Å². The lowest BCUT2D eigenvalue weighted by Gasteiger charge is -2.03. The van der Waals surface area contributed by atoms with E-state index in [0.717, 1.165) is 16.7 Å². The predicted molar refractivity (Wildman–Crippen MR) is 72.8 cm³/mol. The molecule has 3 nitrogen and oxygen atoms in total. The van der Waals surface area contributed by atoms with Crippen molar-refractivity contribution in [2.75, 3.05) is 0 Å². The number of pyridine rings is 1. The Morgan fingerprint density at radius 2 is 1.68 bits per heavy atom. The number of benzene rings is 1. The molecule has 0 bridgehead atoms. The van der Waals surface area contributed by atoms with Crippen LogP contribution in [0.4, 0.5) is 0 Å². The van der Waals surface area contributed by atoms with Crippen LogP contribution >= 0.6 is 0 Å². The van der Waals surface area contributed by atoms with Crippen molar-refractivity contribution in [2.24, 2.45) is 0 Å². The molecule has 0 aliphatic heterocycles. The number of carbonyl (C=O) groups excluding carboxylic acids is 1. The van der Waals surface area contributed by atoms with Gasteiger partial charge in [-0.25, -0.2) is 0 Å². The van der Waals surface area contributed by atoms with Gasteiger partial charge in [0.2, 0.25) is 0 Å². The van der Waals surface area contributed by atoms with Crippen LogP contribution in [-0.4, -0.2) is 11.3 Å². The Morgan fingerprint density at radius 1 is 0.895 bits per heavy atom. The highest BCUT2D eigenvalue weighted by Gasteiger charge is 2.05. The van der Waals surface area contributed by atoms with Gasteiger partial charge in [0.05, 0.1) is 0 Å². The molecule has 2 heterocycles. The molecule has 0 atom stereocenters. The van der Waals surface area contributed by atoms with Gasteiger partial charge < -0.3 is 4.42 Å². The Balaban J connectivity index is 2.02. The molecule has 0 saturated carbocycles. The van der Waals surface area contributed by atoms with E-state index < -0.39 is 0 Å². The molecule has 0 aliphatic carbocycles. The third-order valence-corrected chi connectivity index (χ3v) is 2.90. The standard InChI is InChI=1S/C16H11NO2/c18-11-15-4-5-16(19-15)14-3-1-2-13(10-14)12-6-8-17-9-7-12/h1-11H. The lowest BCUT2D eigenvalue weighted by atomic mass is 10.0. The van der Waals surface area contributed by atoms with Gasteiger partial charge in [-0.3, -0.25) is 9.78 Å². The van der Waals surface area contributed by atoms with Gasteiger partial charge in [0.25, 0.3) is 0 Å². The van der Waals surface area contributed by atoms with Crippen LogP contribution < -0.4 is 0 Å². The molecular weight excluding hydrogens is 238 g/mol. The summed E-state index contributed by atoms with van der Waals surface area (Å²) >= 11 is 0. The van der Waals surface area contributed by atoms with Gasteiger partial charge in [-0.1, -0.05) is 18.2 Å². The Kier molecular flexibility index (Phi) is 2.94. The minimum Gasteiger partial charge on any atom is -0.453 e. The summed E-state index contributed by atoms with van der Waals surface area (Å²) in [6.07, 6.45) is 4.23. The van der Waals surface area contributed by atoms with E-state index in [9.17, 15) is 4.79 Å². The minimum absolute atomic E-state index is 0.337. The second kappa shape index (κ2) is 4.90. The maximum absolute atomic E-state index is 10.6. The average molecular weight is 249 g/mol. The quantitative estimate of drug-likeness (QED) is 0.663. The van der Waals surface area contributed by atoms with E-state index in [2.05, 4.69) is 4.98 Å². The molecule has 0 spiro atoms. The zero-order valence-electron chi connectivity index (χ0n) is 10.1. The summed E-state index contributed by atoms with van der Waals surface area (Å²) in [6, 6.07) is 15.4. The highest BCUT2D eigenvalue weighted by molar-refractivity contribution is 5.74. The van der Waals surface area contributed by atoms with E-state index in [1.54, 1.807) is 24.5 Å². The van der Waals surface area contributed by atoms with Gasteiger partial charge >= 0.3 is 0 Å². The molecule has 1 aromatic carbocycles. The maximum atomic E-state index is 10.6. The molecule has 92 valence electrons. The van der Waals surface area contributed by atoms with Crippen molar-refractivity contribution >= 4 is 6.29 Å². The van der Waals surface area contributed by atoms with Gasteiger partial charge in [-0.2, -0.15) is 0 Å². The van der Waals surface area contributed by atoms with E-state index >= 15 is 0 Å². The van der Waals surface area contributed by atoms with Crippen LogP contribution in [0.3, 0.4) is 0 Å². The summed E-state index contributed by atoms with van der Waals surface area (Å²) in [5, 5.41) is 0. The molecule has 3 heteroatoms. The molecular formula is C16H11NO2. The normalized spacial score (nSPS) is 10.3. The van der Waals surface area contributed by atoms with Crippen molar-refractivity contribution in [1.82, 2.24) is 4.98 Å². The van der Waals surface area contributed by atoms with Gasteiger partial charge in [-0.05, 0) is 41.5 Å². The summed E-state index contributed by atoms with van der Waals surface area (Å²) in [5.41, 5.74) is 3.13. The van der Waals surface area contributed by atoms with Gasteiger partial charge in [0.15, 0.2) is 12.0 Å². The molecule has 0 radical (unpaired) electrons. The summed E-state index contributed by atoms with van der Waals surface area (Å²) in [7, 11) is 0. The zero-order valence-corrected chi connectivity index (χ0v) is 10.1. The van der Waals surface area contributed by atoms with Crippen molar-refractivity contribution in [1.29, 1.82) is 0 Å². The second-order valence-corrected chi connectivity index (χ2v) is 4.14. The fraction of sp³-hybridized carbons (Fsp3) is 0. The predicted octanol–water partition coefficient (Wildman–Crippen LogP) is 3.82. The molecule has 3 rings (SSSR count). The molecule has 0 aliphatic rings. The molecule has 0 fully saturated rings. The molecule has 0 saturated heterocycles. The van der Waals surface area contributed by atoms with Crippen LogP contribution in [0.25, 0.3) is 22.5 Å². The zero-order chi connectivity index (χ0) is 13.1. The molecule has 0 N–H and O–H groups in total. The first-order valence-electron chi connectivity index (χ1n) is 5.93. The summed E-state index contributed by atoms with van der Waals surface area (Å²) in [5.74, 6) is 1.03. The smallest absolute Gasteiger partial charge is 0.185 e. The highest BCUT2D eigenvalue weighted by Crippen LogP contribution is 2.27. The number of carbonyl (C=O) groups is 1. The van der Waals surface area contributed by atoms with E-state index in [-0.39, 0.29) is 0 Å². The van der Waals surface area contributed by atoms with Gasteiger partial charge in [0, 0.05) is 18.0 Å². The Bertz CT molecular complexity index is 702. The van der Waals surface area contributed by atoms with Crippen molar-refractivity contribution in [3.63, 3.8) is 0 Å². The molecule has 0 unspecified atom stereocenters. The first kappa shape index (κ1) is 11.4. The van der Waals surface area contributed by atoms with Crippen LogP contribution in [-0.2, 0) is 0 Å². The fourth-order valence-electron chi connectivity index (χ4n) is 1.97. The molecule has 2 aromatic heterocycles. The monoisotopic (exact) mass is 249 g/mol. The van der Waals surface area contributed by atoms with Crippen molar-refractivity contribution in [3.8, 4) is 22.5 Å². The summed E-state index contributed by atoms with van der Waals surface area (Å²) in [6.45, 7) is 0. The first-order chi connectivity index (χ1) is 9.36. The molecule has 0 amide bonds. The van der Waals surface area contributed by atoms with Crippen molar-refractivity contribution in [3.05, 3.63) is 66.7 Å². The lowest BCUT2D eigenvalue weighted by Crippen LogP contribution is -1.80. The number of hydrogen-bond acceptors (Lipinski definition) is 3. The minimum atomic E-state index is 0.337. The van der Waals surface area contributed by atoms with E-state index in [0.29, 0.717) is 17.8 Å². The number of nitrogens with zero attached hydrogens (tertiary/aromatic N) is 1.